The van der Waals surface area contributed by atoms with E-state index in [1.54, 1.807) is 16.8 Å². The van der Waals surface area contributed by atoms with Crippen molar-refractivity contribution in [1.82, 2.24) is 14.8 Å². The second-order valence-corrected chi connectivity index (χ2v) is 4.06. The number of aryl methyl sites for hydroxylation is 2. The molecule has 0 fully saturated rings. The lowest BCUT2D eigenvalue weighted by molar-refractivity contribution is 0.831. The summed E-state index contributed by atoms with van der Waals surface area (Å²) < 4.78 is 1.70. The van der Waals surface area contributed by atoms with Crippen LogP contribution in [0, 0.1) is 13.8 Å². The predicted molar refractivity (Wildman–Crippen MR) is 60.9 cm³/mol. The molecule has 0 N–H and O–H groups in total. The highest BCUT2D eigenvalue weighted by Gasteiger charge is 2.08. The van der Waals surface area contributed by atoms with E-state index in [0.29, 0.717) is 10.0 Å². The molecule has 15 heavy (non-hydrogen) atoms. The van der Waals surface area contributed by atoms with Crippen LogP contribution in [-0.4, -0.2) is 14.8 Å². The van der Waals surface area contributed by atoms with Crippen molar-refractivity contribution in [2.24, 2.45) is 0 Å². The number of hydrogen-bond acceptors (Lipinski definition) is 2. The van der Waals surface area contributed by atoms with E-state index in [-0.39, 0.29) is 0 Å². The maximum absolute atomic E-state index is 6.07. The molecule has 0 bridgehead atoms. The van der Waals surface area contributed by atoms with E-state index in [2.05, 4.69) is 10.1 Å². The van der Waals surface area contributed by atoms with Crippen molar-refractivity contribution in [3.8, 4) is 5.69 Å². The van der Waals surface area contributed by atoms with E-state index < -0.39 is 0 Å². The minimum atomic E-state index is 0.565. The van der Waals surface area contributed by atoms with Gasteiger partial charge in [0.1, 0.15) is 11.6 Å². The van der Waals surface area contributed by atoms with Gasteiger partial charge in [0.25, 0.3) is 0 Å². The Morgan fingerprint density at radius 1 is 1.20 bits per heavy atom. The number of hydrogen-bond donors (Lipinski definition) is 0. The Labute approximate surface area is 97.7 Å². The molecular weight excluding hydrogens is 233 g/mol. The molecule has 1 aromatic heterocycles. The average molecular weight is 242 g/mol. The zero-order valence-corrected chi connectivity index (χ0v) is 9.84. The molecule has 0 amide bonds. The van der Waals surface area contributed by atoms with Gasteiger partial charge in [-0.05, 0) is 32.0 Å². The van der Waals surface area contributed by atoms with Crippen molar-refractivity contribution in [3.05, 3.63) is 39.9 Å². The first kappa shape index (κ1) is 10.5. The van der Waals surface area contributed by atoms with Gasteiger partial charge in [0, 0.05) is 5.02 Å². The van der Waals surface area contributed by atoms with Crippen molar-refractivity contribution in [3.63, 3.8) is 0 Å². The number of aromatic nitrogens is 3. The summed E-state index contributed by atoms with van der Waals surface area (Å²) in [5.74, 6) is 1.52. The van der Waals surface area contributed by atoms with Crippen LogP contribution in [0.25, 0.3) is 5.69 Å². The van der Waals surface area contributed by atoms with Crippen molar-refractivity contribution in [2.45, 2.75) is 13.8 Å². The van der Waals surface area contributed by atoms with Crippen LogP contribution < -0.4 is 0 Å². The van der Waals surface area contributed by atoms with Gasteiger partial charge in [-0.2, -0.15) is 5.10 Å². The molecule has 0 unspecified atom stereocenters. The van der Waals surface area contributed by atoms with Crippen LogP contribution >= 0.6 is 23.2 Å². The molecule has 0 aliphatic rings. The zero-order valence-electron chi connectivity index (χ0n) is 8.33. The van der Waals surface area contributed by atoms with Gasteiger partial charge in [0.05, 0.1) is 10.7 Å². The van der Waals surface area contributed by atoms with E-state index >= 15 is 0 Å². The molecule has 5 heteroatoms. The Morgan fingerprint density at radius 2 is 1.93 bits per heavy atom. The quantitative estimate of drug-likeness (QED) is 0.768. The molecule has 2 aromatic rings. The first-order chi connectivity index (χ1) is 7.08. The molecule has 78 valence electrons. The molecular formula is C10H9Cl2N3. The predicted octanol–water partition coefficient (Wildman–Crippen LogP) is 3.19. The molecule has 1 aromatic carbocycles. The maximum Gasteiger partial charge on any atom is 0.148 e. The van der Waals surface area contributed by atoms with E-state index in [9.17, 15) is 0 Å². The summed E-state index contributed by atoms with van der Waals surface area (Å²) in [5.41, 5.74) is 0.791. The van der Waals surface area contributed by atoms with Gasteiger partial charge in [-0.1, -0.05) is 23.2 Å². The molecule has 2 rings (SSSR count). The second-order valence-electron chi connectivity index (χ2n) is 3.21. The maximum atomic E-state index is 6.07. The molecule has 0 spiro atoms. The number of halogens is 2. The Balaban J connectivity index is 2.59. The summed E-state index contributed by atoms with van der Waals surface area (Å²) in [6.45, 7) is 3.72. The minimum absolute atomic E-state index is 0.565. The minimum Gasteiger partial charge on any atom is -0.217 e. The van der Waals surface area contributed by atoms with Gasteiger partial charge in [0.15, 0.2) is 0 Å². The van der Waals surface area contributed by atoms with Gasteiger partial charge in [-0.3, -0.25) is 0 Å². The summed E-state index contributed by atoms with van der Waals surface area (Å²) in [6.07, 6.45) is 0. The summed E-state index contributed by atoms with van der Waals surface area (Å²) in [6, 6.07) is 5.29. The number of rotatable bonds is 1. The molecule has 0 aliphatic carbocycles. The van der Waals surface area contributed by atoms with E-state index in [1.807, 2.05) is 19.9 Å². The number of nitrogens with zero attached hydrogens (tertiary/aromatic N) is 3. The molecule has 0 saturated heterocycles. The van der Waals surface area contributed by atoms with Crippen molar-refractivity contribution in [2.75, 3.05) is 0 Å². The van der Waals surface area contributed by atoms with E-state index in [1.165, 1.54) is 0 Å². The lowest BCUT2D eigenvalue weighted by Crippen LogP contribution is -1.99. The van der Waals surface area contributed by atoms with E-state index in [0.717, 1.165) is 17.3 Å². The monoisotopic (exact) mass is 241 g/mol. The SMILES string of the molecule is Cc1nc(C)n(-c2ccc(Cl)cc2Cl)n1. The molecule has 1 heterocycles. The highest BCUT2D eigenvalue weighted by atomic mass is 35.5. The standard InChI is InChI=1S/C10H9Cl2N3/c1-6-13-7(2)15(14-6)10-4-3-8(11)5-9(10)12/h3-5H,1-2H3. The van der Waals surface area contributed by atoms with Crippen LogP contribution in [0.5, 0.6) is 0 Å². The zero-order chi connectivity index (χ0) is 11.0. The molecule has 3 nitrogen and oxygen atoms in total. The lowest BCUT2D eigenvalue weighted by Gasteiger charge is -2.05. The fourth-order valence-electron chi connectivity index (χ4n) is 1.40. The van der Waals surface area contributed by atoms with Crippen molar-refractivity contribution in [1.29, 1.82) is 0 Å². The van der Waals surface area contributed by atoms with Crippen LogP contribution in [0.15, 0.2) is 18.2 Å². The summed E-state index contributed by atoms with van der Waals surface area (Å²) >= 11 is 11.9. The van der Waals surface area contributed by atoms with Gasteiger partial charge >= 0.3 is 0 Å². The Kier molecular flexibility index (Phi) is 2.67. The highest BCUT2D eigenvalue weighted by Crippen LogP contribution is 2.24. The molecule has 0 aliphatic heterocycles. The molecule has 0 atom stereocenters. The van der Waals surface area contributed by atoms with Crippen LogP contribution in [0.3, 0.4) is 0 Å². The Bertz CT molecular complexity index is 505. The van der Waals surface area contributed by atoms with Crippen LogP contribution in [0.1, 0.15) is 11.6 Å². The first-order valence-electron chi connectivity index (χ1n) is 4.43. The lowest BCUT2D eigenvalue weighted by atomic mass is 10.3. The third kappa shape index (κ3) is 1.98. The average Bonchev–Trinajstić information content (AvgIpc) is 2.45. The van der Waals surface area contributed by atoms with Gasteiger partial charge in [0.2, 0.25) is 0 Å². The topological polar surface area (TPSA) is 30.7 Å². The largest absolute Gasteiger partial charge is 0.217 e. The fraction of sp³-hybridized carbons (Fsp3) is 0.200. The van der Waals surface area contributed by atoms with E-state index in [4.69, 9.17) is 23.2 Å². The third-order valence-electron chi connectivity index (χ3n) is 2.01. The number of benzene rings is 1. The van der Waals surface area contributed by atoms with Crippen LogP contribution in [0.2, 0.25) is 10.0 Å². The summed E-state index contributed by atoms with van der Waals surface area (Å²) in [7, 11) is 0. The van der Waals surface area contributed by atoms with Crippen LogP contribution in [0.4, 0.5) is 0 Å². The highest BCUT2D eigenvalue weighted by molar-refractivity contribution is 6.35. The summed E-state index contributed by atoms with van der Waals surface area (Å²) in [4.78, 5) is 4.21. The second kappa shape index (κ2) is 3.83. The normalized spacial score (nSPS) is 10.7. The van der Waals surface area contributed by atoms with Gasteiger partial charge in [-0.15, -0.1) is 0 Å². The molecule has 0 radical (unpaired) electrons. The summed E-state index contributed by atoms with van der Waals surface area (Å²) in [5, 5.41) is 5.42. The van der Waals surface area contributed by atoms with Crippen molar-refractivity contribution >= 4 is 23.2 Å². The Hall–Kier alpha value is -1.06. The van der Waals surface area contributed by atoms with Gasteiger partial charge in [-0.25, -0.2) is 9.67 Å². The fourth-order valence-corrected chi connectivity index (χ4v) is 1.89. The van der Waals surface area contributed by atoms with Gasteiger partial charge < -0.3 is 0 Å². The first-order valence-corrected chi connectivity index (χ1v) is 5.19. The smallest absolute Gasteiger partial charge is 0.148 e. The van der Waals surface area contributed by atoms with Crippen LogP contribution in [-0.2, 0) is 0 Å². The third-order valence-corrected chi connectivity index (χ3v) is 2.55. The van der Waals surface area contributed by atoms with Crippen molar-refractivity contribution < 1.29 is 0 Å². The Morgan fingerprint density at radius 3 is 2.47 bits per heavy atom. The molecule has 0 saturated carbocycles.